The Bertz CT molecular complexity index is 773. The lowest BCUT2D eigenvalue weighted by atomic mass is 10.1. The molecule has 140 valence electrons. The molecule has 0 aromatic heterocycles. The van der Waals surface area contributed by atoms with E-state index in [0.717, 1.165) is 29.5 Å². The van der Waals surface area contributed by atoms with E-state index in [-0.39, 0.29) is 0 Å². The Morgan fingerprint density at radius 3 is 2.31 bits per heavy atom. The smallest absolute Gasteiger partial charge is 0.144 e. The van der Waals surface area contributed by atoms with Crippen molar-refractivity contribution in [1.82, 2.24) is 4.90 Å². The van der Waals surface area contributed by atoms with Gasteiger partial charge in [0.1, 0.15) is 17.4 Å². The van der Waals surface area contributed by atoms with E-state index >= 15 is 0 Å². The average molecular weight is 361 g/mol. The first-order valence-corrected chi connectivity index (χ1v) is 8.43. The maximum atomic E-state index is 13.4. The van der Waals surface area contributed by atoms with Crippen LogP contribution in [0.4, 0.5) is 20.2 Å². The van der Waals surface area contributed by atoms with E-state index < -0.39 is 11.6 Å². The van der Waals surface area contributed by atoms with Gasteiger partial charge in [0.15, 0.2) is 0 Å². The van der Waals surface area contributed by atoms with Crippen LogP contribution < -0.4 is 9.64 Å². The predicted octanol–water partition coefficient (Wildman–Crippen LogP) is 4.53. The molecule has 0 unspecified atom stereocenters. The zero-order valence-electron chi connectivity index (χ0n) is 15.9. The molecule has 0 heterocycles. The quantitative estimate of drug-likeness (QED) is 0.536. The van der Waals surface area contributed by atoms with Crippen LogP contribution in [-0.2, 0) is 6.54 Å². The highest BCUT2D eigenvalue weighted by atomic mass is 19.1. The Morgan fingerprint density at radius 1 is 1.08 bits per heavy atom. The molecule has 0 atom stereocenters. The van der Waals surface area contributed by atoms with Crippen LogP contribution in [0.1, 0.15) is 18.1 Å². The minimum absolute atomic E-state index is 0.353. The van der Waals surface area contributed by atoms with Crippen LogP contribution in [0.15, 0.2) is 35.3 Å². The van der Waals surface area contributed by atoms with Gasteiger partial charge in [0.25, 0.3) is 0 Å². The Balaban J connectivity index is 2.30. The summed E-state index contributed by atoms with van der Waals surface area (Å²) in [4.78, 5) is 8.37. The summed E-state index contributed by atoms with van der Waals surface area (Å²) >= 11 is 0. The molecule has 0 aliphatic heterocycles. The fourth-order valence-electron chi connectivity index (χ4n) is 2.57. The van der Waals surface area contributed by atoms with E-state index in [1.54, 1.807) is 13.4 Å². The van der Waals surface area contributed by atoms with E-state index in [9.17, 15) is 8.78 Å². The molecule has 2 aromatic carbocycles. The van der Waals surface area contributed by atoms with Gasteiger partial charge in [-0.3, -0.25) is 0 Å². The molecule has 0 spiro atoms. The van der Waals surface area contributed by atoms with E-state index in [2.05, 4.69) is 4.99 Å². The van der Waals surface area contributed by atoms with Crippen LogP contribution in [0.25, 0.3) is 0 Å². The van der Waals surface area contributed by atoms with Gasteiger partial charge in [0.05, 0.1) is 24.8 Å². The van der Waals surface area contributed by atoms with E-state index in [1.165, 1.54) is 12.1 Å². The van der Waals surface area contributed by atoms with Gasteiger partial charge in [-0.2, -0.15) is 0 Å². The summed E-state index contributed by atoms with van der Waals surface area (Å²) < 4.78 is 32.3. The number of aryl methyl sites for hydroxylation is 1. The molecule has 4 nitrogen and oxygen atoms in total. The summed E-state index contributed by atoms with van der Waals surface area (Å²) in [6.45, 7) is 5.24. The number of hydrogen-bond acceptors (Lipinski definition) is 3. The highest BCUT2D eigenvalue weighted by Gasteiger charge is 2.13. The molecular weight excluding hydrogens is 336 g/mol. The first kappa shape index (κ1) is 19.7. The molecule has 0 radical (unpaired) electrons. The highest BCUT2D eigenvalue weighted by molar-refractivity contribution is 5.70. The second-order valence-electron chi connectivity index (χ2n) is 6.26. The molecule has 6 heteroatoms. The lowest BCUT2D eigenvalue weighted by Crippen LogP contribution is -2.17. The zero-order valence-corrected chi connectivity index (χ0v) is 15.9. The van der Waals surface area contributed by atoms with Crippen LogP contribution in [0.5, 0.6) is 5.75 Å². The van der Waals surface area contributed by atoms with Crippen molar-refractivity contribution >= 4 is 17.7 Å². The number of ether oxygens (including phenoxy) is 1. The summed E-state index contributed by atoms with van der Waals surface area (Å²) in [7, 11) is 5.40. The number of hydrogen-bond donors (Lipinski definition) is 0. The Kier molecular flexibility index (Phi) is 6.55. The van der Waals surface area contributed by atoms with E-state index in [4.69, 9.17) is 4.74 Å². The minimum Gasteiger partial charge on any atom is -0.495 e. The molecule has 0 amide bonds. The van der Waals surface area contributed by atoms with Gasteiger partial charge in [0.2, 0.25) is 0 Å². The van der Waals surface area contributed by atoms with Crippen LogP contribution in [-0.4, -0.2) is 39.0 Å². The second kappa shape index (κ2) is 8.65. The number of methoxy groups -OCH3 is 1. The van der Waals surface area contributed by atoms with Crippen LogP contribution in [0.3, 0.4) is 0 Å². The largest absolute Gasteiger partial charge is 0.495 e. The lowest BCUT2D eigenvalue weighted by Gasteiger charge is -2.23. The Hall–Kier alpha value is -2.63. The van der Waals surface area contributed by atoms with Crippen LogP contribution in [0, 0.1) is 18.6 Å². The third kappa shape index (κ3) is 4.94. The maximum absolute atomic E-state index is 13.4. The molecule has 0 saturated carbocycles. The predicted molar refractivity (Wildman–Crippen MR) is 103 cm³/mol. The van der Waals surface area contributed by atoms with Gasteiger partial charge in [0, 0.05) is 39.3 Å². The molecule has 0 aliphatic rings. The zero-order chi connectivity index (χ0) is 19.3. The minimum atomic E-state index is -0.582. The first-order chi connectivity index (χ1) is 12.3. The van der Waals surface area contributed by atoms with Crippen molar-refractivity contribution in [2.75, 3.05) is 32.6 Å². The van der Waals surface area contributed by atoms with Gasteiger partial charge in [-0.25, -0.2) is 13.8 Å². The lowest BCUT2D eigenvalue weighted by molar-refractivity contribution is 0.415. The summed E-state index contributed by atoms with van der Waals surface area (Å²) in [5.74, 6) is -0.510. The van der Waals surface area contributed by atoms with E-state index in [1.807, 2.05) is 49.9 Å². The molecule has 26 heavy (non-hydrogen) atoms. The van der Waals surface area contributed by atoms with E-state index in [0.29, 0.717) is 17.9 Å². The number of nitrogens with zero attached hydrogens (tertiary/aromatic N) is 3. The average Bonchev–Trinajstić information content (AvgIpc) is 2.59. The van der Waals surface area contributed by atoms with Gasteiger partial charge < -0.3 is 14.5 Å². The molecule has 2 rings (SSSR count). The number of benzene rings is 2. The van der Waals surface area contributed by atoms with Crippen molar-refractivity contribution in [1.29, 1.82) is 0 Å². The third-order valence-electron chi connectivity index (χ3n) is 4.14. The van der Waals surface area contributed by atoms with Gasteiger partial charge >= 0.3 is 0 Å². The highest BCUT2D eigenvalue weighted by Crippen LogP contribution is 2.35. The molecule has 0 aliphatic carbocycles. The molecule has 0 fully saturated rings. The molecular formula is C20H25F2N3O. The summed E-state index contributed by atoms with van der Waals surface area (Å²) in [5, 5.41) is 0. The normalized spacial score (nSPS) is 11.0. The Labute approximate surface area is 153 Å². The molecule has 0 bridgehead atoms. The SMILES string of the molecule is CCN(C)/C=N\c1cc(OC)c(N(C)Cc2cc(F)cc(F)c2)cc1C. The van der Waals surface area contributed by atoms with Gasteiger partial charge in [-0.1, -0.05) is 0 Å². The van der Waals surface area contributed by atoms with Crippen molar-refractivity contribution in [3.8, 4) is 5.75 Å². The first-order valence-electron chi connectivity index (χ1n) is 8.43. The monoisotopic (exact) mass is 361 g/mol. The summed E-state index contributed by atoms with van der Waals surface area (Å²) in [5.41, 5.74) is 3.18. The number of halogens is 2. The van der Waals surface area contributed by atoms with Gasteiger partial charge in [-0.15, -0.1) is 0 Å². The van der Waals surface area contributed by atoms with Crippen LogP contribution in [0.2, 0.25) is 0 Å². The fraction of sp³-hybridized carbons (Fsp3) is 0.350. The summed E-state index contributed by atoms with van der Waals surface area (Å²) in [6.07, 6.45) is 1.78. The third-order valence-corrected chi connectivity index (χ3v) is 4.14. The standard InChI is InChI=1S/C20H25F2N3O/c1-6-24(3)13-23-18-11-20(26-5)19(7-14(18)2)25(4)12-15-8-16(21)10-17(22)9-15/h7-11,13H,6,12H2,1-5H3/b23-13-. The van der Waals surface area contributed by atoms with Gasteiger partial charge in [-0.05, 0) is 43.2 Å². The topological polar surface area (TPSA) is 28.1 Å². The number of anilines is 1. The van der Waals surface area contributed by atoms with Crippen molar-refractivity contribution in [2.45, 2.75) is 20.4 Å². The maximum Gasteiger partial charge on any atom is 0.144 e. The van der Waals surface area contributed by atoms with Crippen molar-refractivity contribution in [3.63, 3.8) is 0 Å². The van der Waals surface area contributed by atoms with Crippen molar-refractivity contribution in [2.24, 2.45) is 4.99 Å². The molecule has 0 saturated heterocycles. The fourth-order valence-corrected chi connectivity index (χ4v) is 2.57. The molecule has 2 aromatic rings. The summed E-state index contributed by atoms with van der Waals surface area (Å²) in [6, 6.07) is 7.37. The van der Waals surface area contributed by atoms with Crippen molar-refractivity contribution < 1.29 is 13.5 Å². The second-order valence-corrected chi connectivity index (χ2v) is 6.26. The Morgan fingerprint density at radius 2 is 1.73 bits per heavy atom. The van der Waals surface area contributed by atoms with Crippen LogP contribution >= 0.6 is 0 Å². The number of rotatable bonds is 7. The van der Waals surface area contributed by atoms with Crippen molar-refractivity contribution in [3.05, 3.63) is 53.1 Å². The molecule has 0 N–H and O–H groups in total. The number of aliphatic imine (C=N–C) groups is 1.